The summed E-state index contributed by atoms with van der Waals surface area (Å²) in [4.78, 5) is 17.1. The van der Waals surface area contributed by atoms with Gasteiger partial charge in [0.05, 0.1) is 31.0 Å². The number of rotatable bonds is 19. The minimum atomic E-state index is -0.704. The molecule has 3 unspecified atom stereocenters. The molecule has 10 nitrogen and oxygen atoms in total. The second kappa shape index (κ2) is 21.5. The smallest absolute Gasteiger partial charge is 0.161 e. The summed E-state index contributed by atoms with van der Waals surface area (Å²) in [6.07, 6.45) is 10.9. The topological polar surface area (TPSA) is 195 Å². The molecular formula is C51H56N3O7-. The van der Waals surface area contributed by atoms with E-state index in [1.165, 1.54) is 0 Å². The number of allylic oxidation sites excluding steroid dienone is 5. The third-order valence-electron chi connectivity index (χ3n) is 11.5. The molecule has 0 bridgehead atoms. The van der Waals surface area contributed by atoms with Gasteiger partial charge in [-0.1, -0.05) is 79.4 Å². The molecule has 0 aromatic heterocycles. The summed E-state index contributed by atoms with van der Waals surface area (Å²) in [5, 5.41) is 55.7. The van der Waals surface area contributed by atoms with Crippen LogP contribution in [0.1, 0.15) is 102 Å². The van der Waals surface area contributed by atoms with Gasteiger partial charge in [-0.2, -0.15) is 0 Å². The van der Waals surface area contributed by atoms with Gasteiger partial charge in [0.2, 0.25) is 0 Å². The van der Waals surface area contributed by atoms with Crippen molar-refractivity contribution >= 4 is 11.5 Å². The number of aliphatic hydroxyl groups excluding tert-OH is 2. The molecule has 0 spiro atoms. The van der Waals surface area contributed by atoms with Crippen LogP contribution in [0.3, 0.4) is 0 Å². The van der Waals surface area contributed by atoms with E-state index in [9.17, 15) is 30.3 Å². The molecular weight excluding hydrogens is 767 g/mol. The van der Waals surface area contributed by atoms with Gasteiger partial charge in [0.15, 0.2) is 17.3 Å². The number of aromatic hydroxyl groups is 2. The summed E-state index contributed by atoms with van der Waals surface area (Å²) in [7, 11) is 0. The van der Waals surface area contributed by atoms with Crippen molar-refractivity contribution in [1.29, 1.82) is 0 Å². The Bertz CT molecular complexity index is 2370. The summed E-state index contributed by atoms with van der Waals surface area (Å²) in [6.45, 7) is 2.35. The largest absolute Gasteiger partial charge is 0.875 e. The second-order valence-corrected chi connectivity index (χ2v) is 15.9. The number of ether oxygens (including phenoxy) is 1. The molecule has 0 saturated heterocycles. The van der Waals surface area contributed by atoms with Gasteiger partial charge in [-0.25, -0.2) is 0 Å². The third-order valence-corrected chi connectivity index (χ3v) is 11.5. The Kier molecular flexibility index (Phi) is 15.7. The zero-order valence-electron chi connectivity index (χ0n) is 34.7. The number of unbranched alkanes of at least 4 members (excludes halogenated alkanes) is 1. The Labute approximate surface area is 358 Å². The van der Waals surface area contributed by atoms with Crippen molar-refractivity contribution in [3.8, 4) is 29.1 Å². The van der Waals surface area contributed by atoms with E-state index >= 15 is 0 Å². The van der Waals surface area contributed by atoms with E-state index in [0.29, 0.717) is 72.2 Å². The number of phenolic OH excluding ortho intramolecular Hbond substituents is 2. The molecule has 10 heteroatoms. The van der Waals surface area contributed by atoms with Crippen LogP contribution in [0.2, 0.25) is 0 Å². The fourth-order valence-electron chi connectivity index (χ4n) is 7.87. The van der Waals surface area contributed by atoms with Crippen LogP contribution in [-0.2, 0) is 30.5 Å². The van der Waals surface area contributed by atoms with Crippen LogP contribution in [0.25, 0.3) is 0 Å². The fourth-order valence-corrected chi connectivity index (χ4v) is 7.87. The highest BCUT2D eigenvalue weighted by Crippen LogP contribution is 2.39. The lowest BCUT2D eigenvalue weighted by atomic mass is 9.82. The number of hydrogen-bond acceptors (Lipinski definition) is 10. The molecule has 2 aliphatic rings. The van der Waals surface area contributed by atoms with E-state index in [2.05, 4.69) is 16.8 Å². The van der Waals surface area contributed by atoms with Crippen molar-refractivity contribution in [1.82, 2.24) is 0 Å². The number of ketones is 1. The van der Waals surface area contributed by atoms with Crippen molar-refractivity contribution in [3.63, 3.8) is 0 Å². The number of aliphatic imine (C=N–C) groups is 1. The Morgan fingerprint density at radius 1 is 0.967 bits per heavy atom. The second-order valence-electron chi connectivity index (χ2n) is 15.9. The zero-order chi connectivity index (χ0) is 43.3. The molecule has 4 aromatic carbocycles. The summed E-state index contributed by atoms with van der Waals surface area (Å²) >= 11 is 0. The van der Waals surface area contributed by atoms with Crippen LogP contribution < -0.4 is 21.3 Å². The molecule has 0 fully saturated rings. The SMILES string of the molecule is CC(CCCC=CC(=O)CCc1ccc(O)c(OCCc2ccc(O)c(C3CC([O-])=C4C=CN=C4CC#Cc4cc(C(N)N)ccc43)c2)c1)C(O)Cc1ccccc1CCO. The van der Waals surface area contributed by atoms with Crippen LogP contribution in [-0.4, -0.2) is 51.2 Å². The first-order valence-corrected chi connectivity index (χ1v) is 21.1. The number of hydrogen-bond donors (Lipinski definition) is 6. The number of phenols is 2. The fraction of sp³-hybridized carbons (Fsp3) is 0.333. The van der Waals surface area contributed by atoms with Crippen LogP contribution in [0, 0.1) is 17.8 Å². The van der Waals surface area contributed by atoms with E-state index in [1.54, 1.807) is 42.6 Å². The summed E-state index contributed by atoms with van der Waals surface area (Å²) in [6, 6.07) is 23.9. The number of carbonyl (C=O) groups excluding carboxylic acids is 1. The summed E-state index contributed by atoms with van der Waals surface area (Å²) in [5.74, 6) is 6.23. The quantitative estimate of drug-likeness (QED) is 0.0265. The van der Waals surface area contributed by atoms with Gasteiger partial charge in [-0.3, -0.25) is 9.79 Å². The molecule has 4 aromatic rings. The maximum absolute atomic E-state index is 13.7. The highest BCUT2D eigenvalue weighted by molar-refractivity contribution is 6.06. The average molecular weight is 823 g/mol. The van der Waals surface area contributed by atoms with Gasteiger partial charge in [0.1, 0.15) is 5.75 Å². The van der Waals surface area contributed by atoms with Crippen molar-refractivity contribution < 1.29 is 35.1 Å². The van der Waals surface area contributed by atoms with E-state index < -0.39 is 18.2 Å². The molecule has 1 heterocycles. The first kappa shape index (κ1) is 44.6. The summed E-state index contributed by atoms with van der Waals surface area (Å²) < 4.78 is 6.05. The van der Waals surface area contributed by atoms with E-state index in [1.807, 2.05) is 67.6 Å². The van der Waals surface area contributed by atoms with E-state index in [-0.39, 0.29) is 48.6 Å². The van der Waals surface area contributed by atoms with Crippen LogP contribution in [0.4, 0.5) is 0 Å². The maximum atomic E-state index is 13.7. The monoisotopic (exact) mass is 822 g/mol. The van der Waals surface area contributed by atoms with Gasteiger partial charge >= 0.3 is 0 Å². The molecule has 0 amide bonds. The predicted octanol–water partition coefficient (Wildman–Crippen LogP) is 6.50. The molecule has 0 saturated carbocycles. The van der Waals surface area contributed by atoms with Gasteiger partial charge in [0.25, 0.3) is 0 Å². The Morgan fingerprint density at radius 3 is 2.52 bits per heavy atom. The Balaban J connectivity index is 1.02. The van der Waals surface area contributed by atoms with Crippen LogP contribution >= 0.6 is 0 Å². The molecule has 6 rings (SSSR count). The maximum Gasteiger partial charge on any atom is 0.161 e. The lowest BCUT2D eigenvalue weighted by molar-refractivity contribution is -0.307. The minimum absolute atomic E-state index is 0.00856. The minimum Gasteiger partial charge on any atom is -0.875 e. The number of aliphatic hydroxyl groups is 2. The Morgan fingerprint density at radius 2 is 1.74 bits per heavy atom. The normalized spacial score (nSPS) is 15.8. The number of aryl methyl sites for hydroxylation is 1. The van der Waals surface area contributed by atoms with Crippen molar-refractivity contribution in [2.75, 3.05) is 13.2 Å². The van der Waals surface area contributed by atoms with Crippen molar-refractivity contribution in [2.24, 2.45) is 22.4 Å². The Hall–Kier alpha value is -5.96. The lowest BCUT2D eigenvalue weighted by Gasteiger charge is -2.27. The van der Waals surface area contributed by atoms with Crippen molar-refractivity contribution in [3.05, 3.63) is 159 Å². The number of fused-ring (bicyclic) bond motifs is 2. The first-order valence-electron chi connectivity index (χ1n) is 21.1. The molecule has 0 radical (unpaired) electrons. The van der Waals surface area contributed by atoms with Gasteiger partial charge in [-0.15, -0.1) is 5.76 Å². The molecule has 318 valence electrons. The van der Waals surface area contributed by atoms with Gasteiger partial charge < -0.3 is 41.7 Å². The van der Waals surface area contributed by atoms with Gasteiger partial charge in [0, 0.05) is 42.7 Å². The molecule has 61 heavy (non-hydrogen) atoms. The van der Waals surface area contributed by atoms with E-state index in [4.69, 9.17) is 16.2 Å². The molecule has 1 aliphatic carbocycles. The van der Waals surface area contributed by atoms with Crippen molar-refractivity contribution in [2.45, 2.75) is 89.3 Å². The molecule has 8 N–H and O–H groups in total. The number of nitrogens with two attached hydrogens (primary N) is 2. The highest BCUT2D eigenvalue weighted by atomic mass is 16.5. The van der Waals surface area contributed by atoms with E-state index in [0.717, 1.165) is 47.1 Å². The number of carbonyl (C=O) groups is 1. The average Bonchev–Trinajstić information content (AvgIpc) is 3.73. The third kappa shape index (κ3) is 12.1. The number of benzene rings is 4. The first-order chi connectivity index (χ1) is 29.5. The molecule has 1 aliphatic heterocycles. The van der Waals surface area contributed by atoms with Gasteiger partial charge in [-0.05, 0) is 126 Å². The zero-order valence-corrected chi connectivity index (χ0v) is 34.7. The van der Waals surface area contributed by atoms with Crippen LogP contribution in [0.5, 0.6) is 17.2 Å². The number of nitrogens with zero attached hydrogens (tertiary/aromatic N) is 1. The molecule has 3 atom stereocenters. The van der Waals surface area contributed by atoms with Crippen LogP contribution in [0.15, 0.2) is 120 Å². The highest BCUT2D eigenvalue weighted by Gasteiger charge is 2.24. The lowest BCUT2D eigenvalue weighted by Crippen LogP contribution is -2.21. The standard InChI is InChI=1S/C51H57N3O7/c1-33(48(59)31-37-10-6-5-9-36(37)23-26-55)8-3-2-4-12-40(56)18-14-34-16-21-47(58)50(29-34)61-27-24-35-15-20-46(57)44(28-35)43-32-49(60)42-22-25-54-45(42)13-7-11-38-30-39(51(52)53)17-19-41(38)43/h4-6,9-10,12,15-17,19-22,25,28-30,33,43,48,51,55,57-60H,2-3,8,13-14,18,23-24,26-27,31-32,52-53H2,1H3/p-1. The summed E-state index contributed by atoms with van der Waals surface area (Å²) in [5.41, 5.74) is 19.7. The predicted molar refractivity (Wildman–Crippen MR) is 237 cm³/mol.